The van der Waals surface area contributed by atoms with E-state index in [4.69, 9.17) is 19.2 Å². The number of nitrogens with zero attached hydrogens (tertiary/aromatic N) is 2. The second-order valence-corrected chi connectivity index (χ2v) is 13.7. The molecule has 1 aromatic carbocycles. The van der Waals surface area contributed by atoms with Crippen LogP contribution in [0.3, 0.4) is 0 Å². The fourth-order valence-corrected chi connectivity index (χ4v) is 6.57. The maximum absolute atomic E-state index is 14.8. The van der Waals surface area contributed by atoms with Crippen LogP contribution in [0.1, 0.15) is 108 Å². The molecule has 1 N–H and O–H groups in total. The second-order valence-electron chi connectivity index (χ2n) is 13.7. The van der Waals surface area contributed by atoms with Crippen molar-refractivity contribution >= 4 is 11.7 Å². The minimum absolute atomic E-state index is 0.112. The standard InChI is InChI=1S/C34H48FN3O4/c1-33(2,3)42-31(39)22-38-19-16-30(40-20-7-6-9-24-12-14-27-28(37-24)10-8-18-36-27)32(38)26-21-23(35)11-13-25(26)29-15-17-34(4,5)41-29/h11-14,21,29-30,32,36H,6-10,15-20,22H2,1-5H3. The van der Waals surface area contributed by atoms with Crippen LogP contribution >= 0.6 is 0 Å². The van der Waals surface area contributed by atoms with Crippen LogP contribution in [0.4, 0.5) is 10.1 Å². The van der Waals surface area contributed by atoms with Crippen LogP contribution in [0.5, 0.6) is 0 Å². The van der Waals surface area contributed by atoms with E-state index < -0.39 is 5.60 Å². The molecule has 3 aliphatic heterocycles. The highest BCUT2D eigenvalue weighted by atomic mass is 19.1. The Labute approximate surface area is 250 Å². The zero-order chi connectivity index (χ0) is 29.9. The molecule has 0 bridgehead atoms. The van der Waals surface area contributed by atoms with Gasteiger partial charge >= 0.3 is 5.97 Å². The molecular formula is C34H48FN3O4. The molecule has 3 atom stereocenters. The van der Waals surface area contributed by atoms with E-state index in [0.29, 0.717) is 13.2 Å². The molecule has 3 unspecified atom stereocenters. The van der Waals surface area contributed by atoms with Gasteiger partial charge in [0.2, 0.25) is 0 Å². The van der Waals surface area contributed by atoms with Crippen molar-refractivity contribution in [1.29, 1.82) is 0 Å². The van der Waals surface area contributed by atoms with E-state index in [-0.39, 0.29) is 42.2 Å². The molecule has 0 spiro atoms. The van der Waals surface area contributed by atoms with Crippen LogP contribution in [0.15, 0.2) is 30.3 Å². The first-order chi connectivity index (χ1) is 20.0. The van der Waals surface area contributed by atoms with Crippen LogP contribution in [0.2, 0.25) is 0 Å². The van der Waals surface area contributed by atoms with E-state index >= 15 is 0 Å². The van der Waals surface area contributed by atoms with Gasteiger partial charge in [-0.25, -0.2) is 4.39 Å². The maximum Gasteiger partial charge on any atom is 0.320 e. The number of ether oxygens (including phenoxy) is 3. The summed E-state index contributed by atoms with van der Waals surface area (Å²) in [4.78, 5) is 19.9. The van der Waals surface area contributed by atoms with Gasteiger partial charge in [0.05, 0.1) is 41.8 Å². The number of rotatable bonds is 10. The summed E-state index contributed by atoms with van der Waals surface area (Å²) in [5.74, 6) is -0.571. The largest absolute Gasteiger partial charge is 0.459 e. The van der Waals surface area contributed by atoms with Gasteiger partial charge < -0.3 is 19.5 Å². The first-order valence-electron chi connectivity index (χ1n) is 15.7. The molecule has 2 saturated heterocycles. The molecule has 1 aromatic heterocycles. The molecule has 0 saturated carbocycles. The maximum atomic E-state index is 14.8. The van der Waals surface area contributed by atoms with E-state index in [2.05, 4.69) is 36.2 Å². The molecule has 42 heavy (non-hydrogen) atoms. The highest BCUT2D eigenvalue weighted by Crippen LogP contribution is 2.44. The van der Waals surface area contributed by atoms with Gasteiger partial charge in [-0.2, -0.15) is 0 Å². The number of hydrogen-bond donors (Lipinski definition) is 1. The predicted octanol–water partition coefficient (Wildman–Crippen LogP) is 6.71. The number of benzene rings is 1. The molecule has 3 aliphatic rings. The van der Waals surface area contributed by atoms with Crippen LogP contribution < -0.4 is 5.32 Å². The Morgan fingerprint density at radius 3 is 2.76 bits per heavy atom. The van der Waals surface area contributed by atoms with E-state index in [1.807, 2.05) is 26.8 Å². The first kappa shape index (κ1) is 30.9. The lowest BCUT2D eigenvalue weighted by Crippen LogP contribution is -2.37. The number of pyridine rings is 1. The Bertz CT molecular complexity index is 1240. The van der Waals surface area contributed by atoms with Crippen LogP contribution in [-0.4, -0.2) is 59.4 Å². The van der Waals surface area contributed by atoms with Crippen LogP contribution in [0.25, 0.3) is 0 Å². The molecule has 2 aromatic rings. The summed E-state index contributed by atoms with van der Waals surface area (Å²) in [6, 6.07) is 9.01. The van der Waals surface area contributed by atoms with Crippen molar-refractivity contribution in [2.24, 2.45) is 0 Å². The average Bonchev–Trinajstić information content (AvgIpc) is 3.49. The fourth-order valence-electron chi connectivity index (χ4n) is 6.57. The van der Waals surface area contributed by atoms with Crippen molar-refractivity contribution in [3.8, 4) is 0 Å². The van der Waals surface area contributed by atoms with Gasteiger partial charge in [-0.15, -0.1) is 0 Å². The van der Waals surface area contributed by atoms with Gasteiger partial charge in [-0.1, -0.05) is 6.07 Å². The molecule has 0 aliphatic carbocycles. The number of esters is 1. The quantitative estimate of drug-likeness (QED) is 0.247. The zero-order valence-electron chi connectivity index (χ0n) is 26.0. The van der Waals surface area contributed by atoms with Crippen molar-refractivity contribution < 1.29 is 23.4 Å². The predicted molar refractivity (Wildman–Crippen MR) is 162 cm³/mol. The second kappa shape index (κ2) is 13.0. The van der Waals surface area contributed by atoms with E-state index in [1.54, 1.807) is 6.07 Å². The molecule has 4 heterocycles. The SMILES string of the molecule is CC(C)(C)OC(=O)CN1CCC(OCCCCc2ccc3c(n2)CCCN3)C1c1cc(F)ccc1C1CCC(C)(C)O1. The number of hydrogen-bond acceptors (Lipinski definition) is 7. The minimum atomic E-state index is -0.571. The Morgan fingerprint density at radius 2 is 2.00 bits per heavy atom. The lowest BCUT2D eigenvalue weighted by Gasteiger charge is -2.32. The number of unbranched alkanes of at least 4 members (excludes halogenated alkanes) is 1. The molecule has 2 fully saturated rings. The Balaban J connectivity index is 1.27. The Hall–Kier alpha value is -2.55. The number of nitrogens with one attached hydrogen (secondary N) is 1. The molecule has 8 heteroatoms. The van der Waals surface area contributed by atoms with Gasteiger partial charge in [0.1, 0.15) is 11.4 Å². The van der Waals surface area contributed by atoms with E-state index in [1.165, 1.54) is 17.4 Å². The molecule has 5 rings (SSSR count). The van der Waals surface area contributed by atoms with Gasteiger partial charge in [-0.3, -0.25) is 14.7 Å². The van der Waals surface area contributed by atoms with Gasteiger partial charge in [0.15, 0.2) is 0 Å². The normalized spacial score (nSPS) is 23.9. The molecule has 0 radical (unpaired) electrons. The summed E-state index contributed by atoms with van der Waals surface area (Å²) in [6.45, 7) is 12.3. The van der Waals surface area contributed by atoms with Crippen molar-refractivity contribution in [1.82, 2.24) is 9.88 Å². The lowest BCUT2D eigenvalue weighted by molar-refractivity contribution is -0.156. The van der Waals surface area contributed by atoms with E-state index in [0.717, 1.165) is 74.7 Å². The summed E-state index contributed by atoms with van der Waals surface area (Å²) in [6.07, 6.45) is 7.28. The van der Waals surface area contributed by atoms with E-state index in [9.17, 15) is 9.18 Å². The van der Waals surface area contributed by atoms with Gasteiger partial charge in [-0.05, 0) is 121 Å². The molecule has 0 amide bonds. The van der Waals surface area contributed by atoms with Crippen molar-refractivity contribution in [2.75, 3.05) is 31.6 Å². The van der Waals surface area contributed by atoms with Crippen LogP contribution in [-0.2, 0) is 31.8 Å². The zero-order valence-corrected chi connectivity index (χ0v) is 26.0. The summed E-state index contributed by atoms with van der Waals surface area (Å²) in [5.41, 5.74) is 4.53. The number of carbonyl (C=O) groups is 1. The van der Waals surface area contributed by atoms with Crippen LogP contribution in [0, 0.1) is 5.82 Å². The number of aryl methyl sites for hydroxylation is 2. The van der Waals surface area contributed by atoms with Crippen molar-refractivity contribution in [3.05, 3.63) is 58.7 Å². The smallest absolute Gasteiger partial charge is 0.320 e. The van der Waals surface area contributed by atoms with Crippen molar-refractivity contribution in [3.63, 3.8) is 0 Å². The summed E-state index contributed by atoms with van der Waals surface area (Å²) < 4.78 is 33.4. The first-order valence-corrected chi connectivity index (χ1v) is 15.7. The third-order valence-corrected chi connectivity index (χ3v) is 8.48. The number of carbonyl (C=O) groups excluding carboxylic acids is 1. The topological polar surface area (TPSA) is 72.9 Å². The number of aromatic nitrogens is 1. The summed E-state index contributed by atoms with van der Waals surface area (Å²) in [5, 5.41) is 3.42. The molecule has 7 nitrogen and oxygen atoms in total. The number of fused-ring (bicyclic) bond motifs is 1. The van der Waals surface area contributed by atoms with Gasteiger partial charge in [0, 0.05) is 25.4 Å². The monoisotopic (exact) mass is 581 g/mol. The third-order valence-electron chi connectivity index (χ3n) is 8.48. The number of halogens is 1. The van der Waals surface area contributed by atoms with Crippen molar-refractivity contribution in [2.45, 2.75) is 115 Å². The highest BCUT2D eigenvalue weighted by Gasteiger charge is 2.41. The Kier molecular flexibility index (Phi) is 9.55. The summed E-state index contributed by atoms with van der Waals surface area (Å²) >= 11 is 0. The fraction of sp³-hybridized carbons (Fsp3) is 0.647. The average molecular weight is 582 g/mol. The third kappa shape index (κ3) is 7.88. The van der Waals surface area contributed by atoms with Gasteiger partial charge in [0.25, 0.3) is 0 Å². The number of likely N-dealkylation sites (tertiary alicyclic amines) is 1. The number of anilines is 1. The molecular weight excluding hydrogens is 533 g/mol. The summed E-state index contributed by atoms with van der Waals surface area (Å²) in [7, 11) is 0. The highest BCUT2D eigenvalue weighted by molar-refractivity contribution is 5.72. The Morgan fingerprint density at radius 1 is 1.17 bits per heavy atom. The molecule has 230 valence electrons. The lowest BCUT2D eigenvalue weighted by atomic mass is 9.92. The minimum Gasteiger partial charge on any atom is -0.459 e.